The van der Waals surface area contributed by atoms with E-state index in [1.54, 1.807) is 13.2 Å². The highest BCUT2D eigenvalue weighted by atomic mass is 16.5. The van der Waals surface area contributed by atoms with Gasteiger partial charge >= 0.3 is 0 Å². The number of aromatic nitrogens is 3. The fraction of sp³-hybridized carbons (Fsp3) is 0.105. The molecule has 146 valence electrons. The molecule has 2 heterocycles. The van der Waals surface area contributed by atoms with Crippen LogP contribution in [0.2, 0.25) is 0 Å². The van der Waals surface area contributed by atoms with E-state index in [9.17, 15) is 14.4 Å². The van der Waals surface area contributed by atoms with E-state index < -0.39 is 5.91 Å². The maximum atomic E-state index is 12.6. The predicted octanol–water partition coefficient (Wildman–Crippen LogP) is 1.41. The minimum Gasteiger partial charge on any atom is -0.496 e. The van der Waals surface area contributed by atoms with Crippen molar-refractivity contribution in [1.29, 1.82) is 0 Å². The molecule has 0 fully saturated rings. The van der Waals surface area contributed by atoms with E-state index in [2.05, 4.69) is 31.1 Å². The van der Waals surface area contributed by atoms with Crippen molar-refractivity contribution in [2.45, 2.75) is 0 Å². The summed E-state index contributed by atoms with van der Waals surface area (Å²) in [6.45, 7) is -0.127. The monoisotopic (exact) mass is 392 g/mol. The molecule has 0 saturated heterocycles. The number of para-hydroxylation sites is 1. The number of nitrogens with one attached hydrogen (secondary N) is 4. The number of benzene rings is 2. The second-order valence-electron chi connectivity index (χ2n) is 6.15. The van der Waals surface area contributed by atoms with E-state index in [1.165, 1.54) is 18.2 Å². The number of methoxy groups -OCH3 is 1. The number of hydrogen-bond donors (Lipinski definition) is 4. The number of aromatic amines is 1. The first-order valence-electron chi connectivity index (χ1n) is 8.64. The van der Waals surface area contributed by atoms with E-state index in [4.69, 9.17) is 4.74 Å². The van der Waals surface area contributed by atoms with Crippen LogP contribution in [0.3, 0.4) is 0 Å². The second-order valence-corrected chi connectivity index (χ2v) is 6.15. The van der Waals surface area contributed by atoms with Crippen molar-refractivity contribution in [2.75, 3.05) is 24.3 Å². The summed E-state index contributed by atoms with van der Waals surface area (Å²) in [4.78, 5) is 40.5. The molecular weight excluding hydrogens is 376 g/mol. The highest BCUT2D eigenvalue weighted by molar-refractivity contribution is 6.11. The van der Waals surface area contributed by atoms with Crippen molar-refractivity contribution < 1.29 is 19.1 Å². The number of hydrogen-bond acceptors (Lipinski definition) is 6. The van der Waals surface area contributed by atoms with Crippen LogP contribution in [0.5, 0.6) is 5.75 Å². The summed E-state index contributed by atoms with van der Waals surface area (Å²) in [5, 5.41) is 14.4. The Hall–Kier alpha value is -4.21. The molecule has 2 aromatic carbocycles. The molecular formula is C19H16N6O4. The van der Waals surface area contributed by atoms with Crippen molar-refractivity contribution in [3.63, 3.8) is 0 Å². The third kappa shape index (κ3) is 3.63. The first-order chi connectivity index (χ1) is 14.0. The summed E-state index contributed by atoms with van der Waals surface area (Å²) < 4.78 is 5.30. The zero-order valence-electron chi connectivity index (χ0n) is 15.3. The average Bonchev–Trinajstić information content (AvgIpc) is 3.14. The van der Waals surface area contributed by atoms with E-state index in [-0.39, 0.29) is 41.1 Å². The first kappa shape index (κ1) is 18.2. The molecule has 10 heteroatoms. The molecule has 0 bridgehead atoms. The molecule has 4 rings (SSSR count). The maximum Gasteiger partial charge on any atom is 0.258 e. The van der Waals surface area contributed by atoms with Gasteiger partial charge in [0.2, 0.25) is 11.9 Å². The van der Waals surface area contributed by atoms with Gasteiger partial charge in [-0.3, -0.25) is 24.8 Å². The highest BCUT2D eigenvalue weighted by Crippen LogP contribution is 2.27. The molecule has 4 N–H and O–H groups in total. The van der Waals surface area contributed by atoms with Crippen molar-refractivity contribution in [3.8, 4) is 17.1 Å². The molecule has 0 spiro atoms. The van der Waals surface area contributed by atoms with Gasteiger partial charge < -0.3 is 15.4 Å². The van der Waals surface area contributed by atoms with Gasteiger partial charge in [-0.2, -0.15) is 4.98 Å². The molecule has 1 aliphatic heterocycles. The number of H-pyrrole nitrogens is 1. The lowest BCUT2D eigenvalue weighted by atomic mass is 10.1. The Bertz CT molecular complexity index is 1120. The Morgan fingerprint density at radius 2 is 1.97 bits per heavy atom. The van der Waals surface area contributed by atoms with Gasteiger partial charge in [0.05, 0.1) is 30.5 Å². The predicted molar refractivity (Wildman–Crippen MR) is 104 cm³/mol. The molecule has 29 heavy (non-hydrogen) atoms. The number of ether oxygens (including phenoxy) is 1. The summed E-state index contributed by atoms with van der Waals surface area (Å²) in [5.74, 6) is -0.124. The van der Waals surface area contributed by atoms with Gasteiger partial charge in [0.15, 0.2) is 5.82 Å². The van der Waals surface area contributed by atoms with Gasteiger partial charge in [-0.05, 0) is 30.3 Å². The smallest absolute Gasteiger partial charge is 0.258 e. The molecule has 1 aromatic heterocycles. The number of carbonyl (C=O) groups is 3. The van der Waals surface area contributed by atoms with Crippen LogP contribution in [0, 0.1) is 0 Å². The van der Waals surface area contributed by atoms with Gasteiger partial charge in [-0.1, -0.05) is 12.1 Å². The Morgan fingerprint density at radius 1 is 1.14 bits per heavy atom. The minimum atomic E-state index is -0.489. The largest absolute Gasteiger partial charge is 0.496 e. The van der Waals surface area contributed by atoms with E-state index >= 15 is 0 Å². The SMILES string of the molecule is COc1ccccc1-c1nc(NC(=O)c2ccc3c(c2)NC(=O)CNC3=O)n[nH]1. The fourth-order valence-corrected chi connectivity index (χ4v) is 2.89. The van der Waals surface area contributed by atoms with Crippen LogP contribution in [0.4, 0.5) is 11.6 Å². The molecule has 3 aromatic rings. The van der Waals surface area contributed by atoms with Crippen molar-refractivity contribution in [2.24, 2.45) is 0 Å². The second kappa shape index (κ2) is 7.43. The van der Waals surface area contributed by atoms with Crippen molar-refractivity contribution in [3.05, 3.63) is 53.6 Å². The number of rotatable bonds is 4. The summed E-state index contributed by atoms with van der Waals surface area (Å²) in [6.07, 6.45) is 0. The van der Waals surface area contributed by atoms with Crippen LogP contribution in [-0.4, -0.2) is 46.6 Å². The quantitative estimate of drug-likeness (QED) is 0.530. The minimum absolute atomic E-state index is 0.0765. The zero-order valence-corrected chi connectivity index (χ0v) is 15.3. The lowest BCUT2D eigenvalue weighted by Crippen LogP contribution is -2.28. The summed E-state index contributed by atoms with van der Waals surface area (Å²) in [5.41, 5.74) is 1.48. The molecule has 1 aliphatic rings. The van der Waals surface area contributed by atoms with Crippen LogP contribution < -0.4 is 20.7 Å². The van der Waals surface area contributed by atoms with E-state index in [0.29, 0.717) is 17.1 Å². The fourth-order valence-electron chi connectivity index (χ4n) is 2.89. The summed E-state index contributed by atoms with van der Waals surface area (Å²) in [7, 11) is 1.55. The van der Waals surface area contributed by atoms with Crippen molar-refractivity contribution >= 4 is 29.4 Å². The van der Waals surface area contributed by atoms with Gasteiger partial charge in [0.1, 0.15) is 5.75 Å². The summed E-state index contributed by atoms with van der Waals surface area (Å²) in [6, 6.07) is 11.7. The Balaban J connectivity index is 1.56. The first-order valence-corrected chi connectivity index (χ1v) is 8.64. The lowest BCUT2D eigenvalue weighted by molar-refractivity contribution is -0.115. The standard InChI is InChI=1S/C19H16N6O4/c1-29-14-5-3-2-4-12(14)16-22-19(25-24-16)23-17(27)10-6-7-11-13(8-10)21-15(26)9-20-18(11)28/h2-8H,9H2,1H3,(H,20,28)(H,21,26)(H2,22,23,24,25,27). The number of anilines is 2. The van der Waals surface area contributed by atoms with Crippen LogP contribution in [-0.2, 0) is 4.79 Å². The molecule has 0 unspecified atom stereocenters. The number of fused-ring (bicyclic) bond motifs is 1. The lowest BCUT2D eigenvalue weighted by Gasteiger charge is -2.08. The van der Waals surface area contributed by atoms with Crippen molar-refractivity contribution in [1.82, 2.24) is 20.5 Å². The summed E-state index contributed by atoms with van der Waals surface area (Å²) >= 11 is 0. The van der Waals surface area contributed by atoms with Crippen LogP contribution in [0.1, 0.15) is 20.7 Å². The van der Waals surface area contributed by atoms with Crippen LogP contribution in [0.15, 0.2) is 42.5 Å². The molecule has 0 atom stereocenters. The zero-order chi connectivity index (χ0) is 20.4. The van der Waals surface area contributed by atoms with Crippen LogP contribution in [0.25, 0.3) is 11.4 Å². The maximum absolute atomic E-state index is 12.6. The third-order valence-electron chi connectivity index (χ3n) is 4.28. The van der Waals surface area contributed by atoms with Gasteiger partial charge in [0.25, 0.3) is 11.8 Å². The molecule has 3 amide bonds. The molecule has 0 saturated carbocycles. The molecule has 10 nitrogen and oxygen atoms in total. The Labute approximate surface area is 164 Å². The average molecular weight is 392 g/mol. The highest BCUT2D eigenvalue weighted by Gasteiger charge is 2.21. The topological polar surface area (TPSA) is 138 Å². The van der Waals surface area contributed by atoms with Crippen LogP contribution >= 0.6 is 0 Å². The number of nitrogens with zero attached hydrogens (tertiary/aromatic N) is 2. The van der Waals surface area contributed by atoms with Gasteiger partial charge in [-0.25, -0.2) is 0 Å². The Morgan fingerprint density at radius 3 is 2.79 bits per heavy atom. The Kier molecular flexibility index (Phi) is 4.65. The third-order valence-corrected chi connectivity index (χ3v) is 4.28. The number of amides is 3. The normalized spacial score (nSPS) is 13.0. The number of carbonyl (C=O) groups excluding carboxylic acids is 3. The molecule has 0 aliphatic carbocycles. The van der Waals surface area contributed by atoms with E-state index in [0.717, 1.165) is 0 Å². The van der Waals surface area contributed by atoms with E-state index in [1.807, 2.05) is 18.2 Å². The van der Waals surface area contributed by atoms with Gasteiger partial charge in [-0.15, -0.1) is 5.10 Å². The van der Waals surface area contributed by atoms with Gasteiger partial charge in [0, 0.05) is 5.56 Å². The molecule has 0 radical (unpaired) electrons.